The standard InChI is InChI=1S/C14H19NO2S/c1-10-4-5-11(18)8-12(10)13(16)15-14(2)6-3-7-17-9-14/h4-5,8,18H,3,6-7,9H2,1-2H3,(H,15,16). The van der Waals surface area contributed by atoms with Crippen LogP contribution in [0, 0.1) is 6.92 Å². The molecular formula is C14H19NO2S. The number of nitrogens with one attached hydrogen (secondary N) is 1. The molecule has 1 aromatic carbocycles. The Labute approximate surface area is 113 Å². The highest BCUT2D eigenvalue weighted by Crippen LogP contribution is 2.20. The van der Waals surface area contributed by atoms with Crippen molar-refractivity contribution in [3.8, 4) is 0 Å². The van der Waals surface area contributed by atoms with Crippen LogP contribution in [0.2, 0.25) is 0 Å². The Balaban J connectivity index is 2.14. The van der Waals surface area contributed by atoms with Gasteiger partial charge in [0.1, 0.15) is 0 Å². The molecule has 0 saturated carbocycles. The molecule has 1 fully saturated rings. The van der Waals surface area contributed by atoms with Crippen LogP contribution < -0.4 is 5.32 Å². The third-order valence-corrected chi connectivity index (χ3v) is 3.60. The molecule has 18 heavy (non-hydrogen) atoms. The Hall–Kier alpha value is -1.00. The summed E-state index contributed by atoms with van der Waals surface area (Å²) in [6.07, 6.45) is 1.95. The van der Waals surface area contributed by atoms with Gasteiger partial charge in [-0.25, -0.2) is 0 Å². The van der Waals surface area contributed by atoms with Gasteiger partial charge in [-0.05, 0) is 44.4 Å². The van der Waals surface area contributed by atoms with E-state index < -0.39 is 0 Å². The SMILES string of the molecule is Cc1ccc(S)cc1C(=O)NC1(C)CCCOC1. The lowest BCUT2D eigenvalue weighted by molar-refractivity contribution is 0.0272. The van der Waals surface area contributed by atoms with E-state index in [9.17, 15) is 4.79 Å². The lowest BCUT2D eigenvalue weighted by Crippen LogP contribution is -2.51. The summed E-state index contributed by atoms with van der Waals surface area (Å²) in [6.45, 7) is 5.33. The molecule has 1 atom stereocenters. The quantitative estimate of drug-likeness (QED) is 0.807. The molecule has 1 aromatic rings. The number of carbonyl (C=O) groups excluding carboxylic acids is 1. The number of benzene rings is 1. The average Bonchev–Trinajstić information content (AvgIpc) is 2.32. The van der Waals surface area contributed by atoms with Gasteiger partial charge in [0, 0.05) is 17.1 Å². The van der Waals surface area contributed by atoms with Gasteiger partial charge in [0.2, 0.25) is 0 Å². The van der Waals surface area contributed by atoms with Crippen LogP contribution in [0.5, 0.6) is 0 Å². The van der Waals surface area contributed by atoms with Crippen LogP contribution in [0.25, 0.3) is 0 Å². The Morgan fingerprint density at radius 2 is 2.28 bits per heavy atom. The van der Waals surface area contributed by atoms with Gasteiger partial charge in [-0.2, -0.15) is 0 Å². The van der Waals surface area contributed by atoms with Crippen LogP contribution in [0.3, 0.4) is 0 Å². The fraction of sp³-hybridized carbons (Fsp3) is 0.500. The van der Waals surface area contributed by atoms with Gasteiger partial charge in [-0.1, -0.05) is 6.07 Å². The summed E-state index contributed by atoms with van der Waals surface area (Å²) in [5.74, 6) is -0.0450. The van der Waals surface area contributed by atoms with Gasteiger partial charge in [-0.15, -0.1) is 12.6 Å². The third-order valence-electron chi connectivity index (χ3n) is 3.32. The van der Waals surface area contributed by atoms with E-state index in [-0.39, 0.29) is 11.4 Å². The molecule has 1 saturated heterocycles. The molecule has 3 nitrogen and oxygen atoms in total. The molecule has 0 bridgehead atoms. The molecule has 98 valence electrons. The predicted octanol–water partition coefficient (Wildman–Crippen LogP) is 2.58. The smallest absolute Gasteiger partial charge is 0.252 e. The summed E-state index contributed by atoms with van der Waals surface area (Å²) in [6, 6.07) is 5.61. The number of carbonyl (C=O) groups is 1. The monoisotopic (exact) mass is 265 g/mol. The van der Waals surface area contributed by atoms with Crippen LogP contribution >= 0.6 is 12.6 Å². The number of amides is 1. The second-order valence-electron chi connectivity index (χ2n) is 5.17. The van der Waals surface area contributed by atoms with Crippen LogP contribution in [-0.2, 0) is 4.74 Å². The van der Waals surface area contributed by atoms with Crippen LogP contribution in [-0.4, -0.2) is 24.7 Å². The first-order valence-electron chi connectivity index (χ1n) is 6.20. The summed E-state index contributed by atoms with van der Waals surface area (Å²) < 4.78 is 5.45. The highest BCUT2D eigenvalue weighted by Gasteiger charge is 2.29. The highest BCUT2D eigenvalue weighted by molar-refractivity contribution is 7.80. The molecule has 1 N–H and O–H groups in total. The molecule has 0 spiro atoms. The largest absolute Gasteiger partial charge is 0.379 e. The van der Waals surface area contributed by atoms with E-state index in [0.717, 1.165) is 29.9 Å². The molecule has 1 unspecified atom stereocenters. The Morgan fingerprint density at radius 3 is 2.94 bits per heavy atom. The van der Waals surface area contributed by atoms with Gasteiger partial charge >= 0.3 is 0 Å². The maximum atomic E-state index is 12.3. The average molecular weight is 265 g/mol. The maximum Gasteiger partial charge on any atom is 0.252 e. The summed E-state index contributed by atoms with van der Waals surface area (Å²) in [5, 5.41) is 3.08. The van der Waals surface area contributed by atoms with Gasteiger partial charge in [0.25, 0.3) is 5.91 Å². The number of hydrogen-bond donors (Lipinski definition) is 2. The topological polar surface area (TPSA) is 38.3 Å². The van der Waals surface area contributed by atoms with Gasteiger partial charge in [0.15, 0.2) is 0 Å². The van der Waals surface area contributed by atoms with E-state index in [0.29, 0.717) is 12.2 Å². The summed E-state index contributed by atoms with van der Waals surface area (Å²) >= 11 is 4.28. The maximum absolute atomic E-state index is 12.3. The molecule has 2 rings (SSSR count). The zero-order valence-corrected chi connectivity index (χ0v) is 11.7. The number of rotatable bonds is 2. The van der Waals surface area contributed by atoms with E-state index in [2.05, 4.69) is 17.9 Å². The first-order valence-corrected chi connectivity index (χ1v) is 6.65. The van der Waals surface area contributed by atoms with Crippen molar-refractivity contribution in [2.75, 3.05) is 13.2 Å². The molecule has 1 heterocycles. The first kappa shape index (κ1) is 13.4. The second-order valence-corrected chi connectivity index (χ2v) is 5.69. The Morgan fingerprint density at radius 1 is 1.50 bits per heavy atom. The first-order chi connectivity index (χ1) is 8.50. The summed E-state index contributed by atoms with van der Waals surface area (Å²) in [5.41, 5.74) is 1.40. The fourth-order valence-electron chi connectivity index (χ4n) is 2.23. The minimum atomic E-state index is -0.256. The normalized spacial score (nSPS) is 23.7. The third kappa shape index (κ3) is 3.06. The molecule has 1 aliphatic heterocycles. The number of hydrogen-bond acceptors (Lipinski definition) is 3. The predicted molar refractivity (Wildman–Crippen MR) is 74.4 cm³/mol. The van der Waals surface area contributed by atoms with E-state index >= 15 is 0 Å². The molecular weight excluding hydrogens is 246 g/mol. The van der Waals surface area contributed by atoms with Crippen molar-refractivity contribution in [2.24, 2.45) is 0 Å². The summed E-state index contributed by atoms with van der Waals surface area (Å²) in [7, 11) is 0. The zero-order chi connectivity index (χ0) is 13.2. The zero-order valence-electron chi connectivity index (χ0n) is 10.8. The van der Waals surface area contributed by atoms with Crippen LogP contribution in [0.1, 0.15) is 35.7 Å². The number of thiol groups is 1. The van der Waals surface area contributed by atoms with Crippen molar-refractivity contribution in [1.29, 1.82) is 0 Å². The minimum Gasteiger partial charge on any atom is -0.379 e. The molecule has 1 aliphatic rings. The summed E-state index contributed by atoms with van der Waals surface area (Å²) in [4.78, 5) is 13.1. The molecule has 1 amide bonds. The molecule has 0 aliphatic carbocycles. The van der Waals surface area contributed by atoms with E-state index in [4.69, 9.17) is 4.74 Å². The van der Waals surface area contributed by atoms with E-state index in [1.807, 2.05) is 26.0 Å². The van der Waals surface area contributed by atoms with Crippen molar-refractivity contribution in [1.82, 2.24) is 5.32 Å². The van der Waals surface area contributed by atoms with E-state index in [1.54, 1.807) is 6.07 Å². The van der Waals surface area contributed by atoms with Crippen LogP contribution in [0.4, 0.5) is 0 Å². The van der Waals surface area contributed by atoms with Gasteiger partial charge in [0.05, 0.1) is 12.1 Å². The lowest BCUT2D eigenvalue weighted by Gasteiger charge is -2.34. The van der Waals surface area contributed by atoms with Crippen molar-refractivity contribution in [3.63, 3.8) is 0 Å². The molecule has 4 heteroatoms. The van der Waals surface area contributed by atoms with Gasteiger partial charge < -0.3 is 10.1 Å². The van der Waals surface area contributed by atoms with Crippen molar-refractivity contribution in [3.05, 3.63) is 29.3 Å². The number of ether oxygens (including phenoxy) is 1. The Kier molecular flexibility index (Phi) is 3.97. The second kappa shape index (κ2) is 5.33. The molecule has 0 radical (unpaired) electrons. The minimum absolute atomic E-state index is 0.0450. The van der Waals surface area contributed by atoms with Crippen molar-refractivity contribution in [2.45, 2.75) is 37.1 Å². The van der Waals surface area contributed by atoms with Crippen LogP contribution in [0.15, 0.2) is 23.1 Å². The number of aryl methyl sites for hydroxylation is 1. The van der Waals surface area contributed by atoms with Crippen molar-refractivity contribution < 1.29 is 9.53 Å². The fourth-order valence-corrected chi connectivity index (χ4v) is 2.43. The highest BCUT2D eigenvalue weighted by atomic mass is 32.1. The van der Waals surface area contributed by atoms with Gasteiger partial charge in [-0.3, -0.25) is 4.79 Å². The Bertz CT molecular complexity index is 453. The lowest BCUT2D eigenvalue weighted by atomic mass is 9.94. The van der Waals surface area contributed by atoms with Crippen molar-refractivity contribution >= 4 is 18.5 Å². The molecule has 0 aromatic heterocycles. The van der Waals surface area contributed by atoms with E-state index in [1.165, 1.54) is 0 Å².